The second-order valence-electron chi connectivity index (χ2n) is 4.72. The lowest BCUT2D eigenvalue weighted by atomic mass is 10.2. The summed E-state index contributed by atoms with van der Waals surface area (Å²) in [7, 11) is 0. The number of halogens is 2. The molecule has 0 aromatic rings. The predicted molar refractivity (Wildman–Crippen MR) is 73.4 cm³/mol. The zero-order valence-electron chi connectivity index (χ0n) is 12.3. The summed E-state index contributed by atoms with van der Waals surface area (Å²) in [4.78, 5) is 25.0. The van der Waals surface area contributed by atoms with E-state index in [2.05, 4.69) is 5.32 Å². The number of hydrogen-bond donors (Lipinski definition) is 2. The highest BCUT2D eigenvalue weighted by atomic mass is 19.3. The molecule has 0 radical (unpaired) electrons. The summed E-state index contributed by atoms with van der Waals surface area (Å²) >= 11 is 0. The molecule has 0 aliphatic rings. The monoisotopic (exact) mass is 293 g/mol. The highest BCUT2D eigenvalue weighted by molar-refractivity contribution is 5.83. The summed E-state index contributed by atoms with van der Waals surface area (Å²) in [5, 5.41) is 2.09. The molecule has 0 spiro atoms. The van der Waals surface area contributed by atoms with E-state index in [1.54, 1.807) is 4.90 Å². The second-order valence-corrected chi connectivity index (χ2v) is 4.72. The van der Waals surface area contributed by atoms with E-state index >= 15 is 0 Å². The minimum atomic E-state index is -3.10. The molecule has 7 heteroatoms. The molecule has 0 saturated heterocycles. The van der Waals surface area contributed by atoms with E-state index < -0.39 is 24.9 Å². The van der Waals surface area contributed by atoms with Gasteiger partial charge in [0.15, 0.2) is 0 Å². The molecule has 0 aliphatic heterocycles. The Morgan fingerprint density at radius 1 is 1.15 bits per heavy atom. The van der Waals surface area contributed by atoms with Gasteiger partial charge in [-0.2, -0.15) is 0 Å². The fourth-order valence-corrected chi connectivity index (χ4v) is 1.67. The van der Waals surface area contributed by atoms with E-state index in [1.165, 1.54) is 0 Å². The van der Waals surface area contributed by atoms with Crippen LogP contribution in [0.5, 0.6) is 0 Å². The van der Waals surface area contributed by atoms with Crippen molar-refractivity contribution >= 4 is 11.8 Å². The molecule has 0 fully saturated rings. The molecule has 0 atom stereocenters. The van der Waals surface area contributed by atoms with E-state index in [1.807, 2.05) is 13.8 Å². The Bertz CT molecular complexity index is 306. The molecule has 0 aromatic carbocycles. The predicted octanol–water partition coefficient (Wildman–Crippen LogP) is 1.13. The molecule has 5 nitrogen and oxygen atoms in total. The number of nitrogens with one attached hydrogen (secondary N) is 1. The molecular weight excluding hydrogens is 268 g/mol. The van der Waals surface area contributed by atoms with E-state index in [-0.39, 0.29) is 18.7 Å². The van der Waals surface area contributed by atoms with Crippen molar-refractivity contribution in [3.05, 3.63) is 0 Å². The lowest BCUT2D eigenvalue weighted by Gasteiger charge is -2.21. The molecule has 0 aliphatic carbocycles. The molecule has 0 saturated carbocycles. The highest BCUT2D eigenvalue weighted by Gasteiger charge is 2.27. The topological polar surface area (TPSA) is 75.4 Å². The number of carbonyl (C=O) groups excluding carboxylic acids is 2. The maximum atomic E-state index is 12.8. The van der Waals surface area contributed by atoms with Crippen LogP contribution in [0.3, 0.4) is 0 Å². The minimum Gasteiger partial charge on any atom is -0.350 e. The Morgan fingerprint density at radius 2 is 1.70 bits per heavy atom. The van der Waals surface area contributed by atoms with Gasteiger partial charge in [0.05, 0.1) is 13.1 Å². The summed E-state index contributed by atoms with van der Waals surface area (Å²) in [5.74, 6) is -3.77. The van der Waals surface area contributed by atoms with Crippen molar-refractivity contribution in [2.45, 2.75) is 45.5 Å². The summed E-state index contributed by atoms with van der Waals surface area (Å²) in [6.45, 7) is 3.64. The van der Waals surface area contributed by atoms with Crippen molar-refractivity contribution in [3.63, 3.8) is 0 Å². The van der Waals surface area contributed by atoms with E-state index in [0.717, 1.165) is 12.8 Å². The Balaban J connectivity index is 4.06. The largest absolute Gasteiger partial charge is 0.350 e. The summed E-state index contributed by atoms with van der Waals surface area (Å²) in [5.41, 5.74) is 4.86. The van der Waals surface area contributed by atoms with Crippen molar-refractivity contribution in [2.24, 2.45) is 5.73 Å². The molecule has 0 bridgehead atoms. The van der Waals surface area contributed by atoms with E-state index in [9.17, 15) is 18.4 Å². The van der Waals surface area contributed by atoms with Gasteiger partial charge in [0.1, 0.15) is 0 Å². The smallest absolute Gasteiger partial charge is 0.277 e. The van der Waals surface area contributed by atoms with Crippen molar-refractivity contribution in [1.82, 2.24) is 10.2 Å². The van der Waals surface area contributed by atoms with Gasteiger partial charge in [-0.25, -0.2) is 8.78 Å². The van der Waals surface area contributed by atoms with Crippen LogP contribution in [0.1, 0.15) is 39.5 Å². The second kappa shape index (κ2) is 9.63. The minimum absolute atomic E-state index is 0.0417. The molecular formula is C13H25F2N3O2. The van der Waals surface area contributed by atoms with Gasteiger partial charge >= 0.3 is 0 Å². The average Bonchev–Trinajstić information content (AvgIpc) is 2.42. The van der Waals surface area contributed by atoms with Crippen molar-refractivity contribution < 1.29 is 18.4 Å². The van der Waals surface area contributed by atoms with Crippen molar-refractivity contribution in [1.29, 1.82) is 0 Å². The van der Waals surface area contributed by atoms with Crippen LogP contribution in [0.25, 0.3) is 0 Å². The molecule has 20 heavy (non-hydrogen) atoms. The molecule has 0 aromatic heterocycles. The first kappa shape index (κ1) is 18.8. The van der Waals surface area contributed by atoms with Crippen LogP contribution in [0, 0.1) is 0 Å². The van der Waals surface area contributed by atoms with Crippen LogP contribution in [-0.4, -0.2) is 48.8 Å². The van der Waals surface area contributed by atoms with Gasteiger partial charge in [0, 0.05) is 25.9 Å². The maximum absolute atomic E-state index is 12.8. The Hall–Kier alpha value is -1.24. The summed E-state index contributed by atoms with van der Waals surface area (Å²) in [6, 6.07) is 0. The number of nitrogens with two attached hydrogens (primary N) is 1. The van der Waals surface area contributed by atoms with Gasteiger partial charge in [-0.3, -0.25) is 9.59 Å². The summed E-state index contributed by atoms with van der Waals surface area (Å²) < 4.78 is 25.7. The first-order valence-corrected chi connectivity index (χ1v) is 6.98. The molecule has 0 unspecified atom stereocenters. The van der Waals surface area contributed by atoms with Gasteiger partial charge in [-0.15, -0.1) is 0 Å². The van der Waals surface area contributed by atoms with E-state index in [0.29, 0.717) is 13.1 Å². The third kappa shape index (κ3) is 8.04. The lowest BCUT2D eigenvalue weighted by molar-refractivity contribution is -0.134. The van der Waals surface area contributed by atoms with Crippen LogP contribution in [0.15, 0.2) is 0 Å². The molecule has 0 rings (SSSR count). The molecule has 3 N–H and O–H groups in total. The number of hydrogen-bond acceptors (Lipinski definition) is 3. The van der Waals surface area contributed by atoms with Crippen molar-refractivity contribution in [2.75, 3.05) is 26.2 Å². The van der Waals surface area contributed by atoms with Gasteiger partial charge in [0.2, 0.25) is 11.8 Å². The normalized spacial score (nSPS) is 11.2. The average molecular weight is 293 g/mol. The fraction of sp³-hybridized carbons (Fsp3) is 0.846. The SMILES string of the molecule is CCCN(CCC)C(=O)CCC(=O)NCC(F)(F)CN. The van der Waals surface area contributed by atoms with Crippen LogP contribution < -0.4 is 11.1 Å². The maximum Gasteiger partial charge on any atom is 0.277 e. The Labute approximate surface area is 118 Å². The number of nitrogens with zero attached hydrogens (tertiary/aromatic N) is 1. The number of amides is 2. The van der Waals surface area contributed by atoms with Gasteiger partial charge < -0.3 is 16.0 Å². The number of carbonyl (C=O) groups is 2. The standard InChI is InChI=1S/C13H25F2N3O2/c1-3-7-18(8-4-2)12(20)6-5-11(19)17-10-13(14,15)9-16/h3-10,16H2,1-2H3,(H,17,19). The number of alkyl halides is 2. The summed E-state index contributed by atoms with van der Waals surface area (Å²) in [6.07, 6.45) is 1.66. The van der Waals surface area contributed by atoms with Gasteiger partial charge in [0.25, 0.3) is 5.92 Å². The zero-order chi connectivity index (χ0) is 15.6. The first-order valence-electron chi connectivity index (χ1n) is 6.98. The molecule has 2 amide bonds. The molecule has 118 valence electrons. The third-order valence-electron chi connectivity index (χ3n) is 2.75. The van der Waals surface area contributed by atoms with Gasteiger partial charge in [-0.1, -0.05) is 13.8 Å². The van der Waals surface area contributed by atoms with Crippen LogP contribution >= 0.6 is 0 Å². The van der Waals surface area contributed by atoms with Gasteiger partial charge in [-0.05, 0) is 12.8 Å². The zero-order valence-corrected chi connectivity index (χ0v) is 12.3. The quantitative estimate of drug-likeness (QED) is 0.634. The van der Waals surface area contributed by atoms with Crippen LogP contribution in [0.2, 0.25) is 0 Å². The Morgan fingerprint density at radius 3 is 2.15 bits per heavy atom. The van der Waals surface area contributed by atoms with Crippen LogP contribution in [0.4, 0.5) is 8.78 Å². The highest BCUT2D eigenvalue weighted by Crippen LogP contribution is 2.09. The lowest BCUT2D eigenvalue weighted by Crippen LogP contribution is -2.42. The first-order chi connectivity index (χ1) is 9.36. The Kier molecular flexibility index (Phi) is 9.03. The third-order valence-corrected chi connectivity index (χ3v) is 2.75. The fourth-order valence-electron chi connectivity index (χ4n) is 1.67. The van der Waals surface area contributed by atoms with E-state index in [4.69, 9.17) is 5.73 Å². The van der Waals surface area contributed by atoms with Crippen LogP contribution in [-0.2, 0) is 9.59 Å². The molecule has 0 heterocycles. The van der Waals surface area contributed by atoms with Crippen molar-refractivity contribution in [3.8, 4) is 0 Å². The number of rotatable bonds is 10.